The fourth-order valence-corrected chi connectivity index (χ4v) is 1.78. The molecule has 22 heavy (non-hydrogen) atoms. The molecule has 9 heteroatoms. The highest BCUT2D eigenvalue weighted by molar-refractivity contribution is 6.09. The Morgan fingerprint density at radius 2 is 1.82 bits per heavy atom. The molecular weight excluding hydrogens is 299 g/mol. The van der Waals surface area contributed by atoms with Crippen LogP contribution in [0.1, 0.15) is 10.4 Å². The molecule has 2 aromatic rings. The average molecular weight is 308 g/mol. The summed E-state index contributed by atoms with van der Waals surface area (Å²) in [5.41, 5.74) is -2.24. The minimum Gasteiger partial charge on any atom is -0.507 e. The van der Waals surface area contributed by atoms with Gasteiger partial charge in [0.1, 0.15) is 17.1 Å². The third kappa shape index (κ3) is 2.59. The number of nitrogens with one attached hydrogen (secondary N) is 1. The van der Waals surface area contributed by atoms with E-state index in [1.165, 1.54) is 18.2 Å². The van der Waals surface area contributed by atoms with Crippen LogP contribution < -0.4 is 5.32 Å². The van der Waals surface area contributed by atoms with Crippen LogP contribution in [0.15, 0.2) is 30.3 Å². The summed E-state index contributed by atoms with van der Waals surface area (Å²) in [5, 5.41) is 41.5. The zero-order valence-corrected chi connectivity index (χ0v) is 10.8. The number of halogens is 1. The number of nitro groups is 1. The van der Waals surface area contributed by atoms with Crippen molar-refractivity contribution in [1.29, 1.82) is 0 Å². The topological polar surface area (TPSA) is 133 Å². The van der Waals surface area contributed by atoms with Gasteiger partial charge < -0.3 is 20.6 Å². The van der Waals surface area contributed by atoms with Crippen molar-refractivity contribution in [2.45, 2.75) is 0 Å². The van der Waals surface area contributed by atoms with Crippen molar-refractivity contribution in [2.24, 2.45) is 0 Å². The number of nitro benzene ring substituents is 1. The fraction of sp³-hybridized carbons (Fsp3) is 0. The Labute approximate surface area is 122 Å². The van der Waals surface area contributed by atoms with E-state index in [2.05, 4.69) is 5.32 Å². The van der Waals surface area contributed by atoms with E-state index in [1.807, 2.05) is 0 Å². The highest BCUT2D eigenvalue weighted by Gasteiger charge is 2.30. The fourth-order valence-electron chi connectivity index (χ4n) is 1.78. The number of hydrogen-bond acceptors (Lipinski definition) is 6. The highest BCUT2D eigenvalue weighted by Crippen LogP contribution is 2.43. The number of carbonyl (C=O) groups is 1. The summed E-state index contributed by atoms with van der Waals surface area (Å²) < 4.78 is 13.5. The smallest absolute Gasteiger partial charge is 0.353 e. The molecule has 0 bridgehead atoms. The van der Waals surface area contributed by atoms with Crippen LogP contribution in [-0.2, 0) is 0 Å². The molecule has 1 amide bonds. The van der Waals surface area contributed by atoms with Gasteiger partial charge in [0.05, 0.1) is 10.6 Å². The molecule has 2 aromatic carbocycles. The summed E-state index contributed by atoms with van der Waals surface area (Å²) in [5.74, 6) is -5.08. The molecule has 0 aliphatic rings. The quantitative estimate of drug-likeness (QED) is 0.507. The normalized spacial score (nSPS) is 10.2. The number of carbonyl (C=O) groups excluding carboxylic acids is 1. The van der Waals surface area contributed by atoms with Gasteiger partial charge in [-0.15, -0.1) is 0 Å². The summed E-state index contributed by atoms with van der Waals surface area (Å²) in [6.45, 7) is 0. The van der Waals surface area contributed by atoms with Crippen LogP contribution in [0, 0.1) is 15.9 Å². The van der Waals surface area contributed by atoms with E-state index in [1.54, 1.807) is 0 Å². The summed E-state index contributed by atoms with van der Waals surface area (Å²) in [6.07, 6.45) is 0. The maximum atomic E-state index is 13.5. The molecule has 0 aliphatic heterocycles. The Hall–Kier alpha value is -3.36. The van der Waals surface area contributed by atoms with Gasteiger partial charge in [0.25, 0.3) is 5.91 Å². The zero-order chi connectivity index (χ0) is 16.4. The Morgan fingerprint density at radius 3 is 2.41 bits per heavy atom. The lowest BCUT2D eigenvalue weighted by atomic mass is 10.1. The van der Waals surface area contributed by atoms with Crippen LogP contribution in [0.3, 0.4) is 0 Å². The van der Waals surface area contributed by atoms with Crippen molar-refractivity contribution < 1.29 is 29.4 Å². The van der Waals surface area contributed by atoms with Gasteiger partial charge in [0.2, 0.25) is 11.5 Å². The molecular formula is C13H9FN2O6. The highest BCUT2D eigenvalue weighted by atomic mass is 19.1. The number of anilines is 1. The second-order valence-electron chi connectivity index (χ2n) is 4.18. The largest absolute Gasteiger partial charge is 0.507 e. The van der Waals surface area contributed by atoms with Crippen molar-refractivity contribution in [2.75, 3.05) is 5.32 Å². The van der Waals surface area contributed by atoms with E-state index < -0.39 is 45.1 Å². The van der Waals surface area contributed by atoms with Gasteiger partial charge in [-0.3, -0.25) is 14.9 Å². The van der Waals surface area contributed by atoms with E-state index >= 15 is 0 Å². The Morgan fingerprint density at radius 1 is 1.18 bits per heavy atom. The number of aromatic hydroxyl groups is 3. The minimum atomic E-state index is -1.23. The number of para-hydroxylation sites is 1. The van der Waals surface area contributed by atoms with Crippen LogP contribution in [0.5, 0.6) is 17.2 Å². The Balaban J connectivity index is 2.49. The second-order valence-corrected chi connectivity index (χ2v) is 4.18. The molecule has 0 radical (unpaired) electrons. The number of nitrogens with zero attached hydrogens (tertiary/aromatic N) is 1. The Bertz CT molecular complexity index is 777. The van der Waals surface area contributed by atoms with Gasteiger partial charge in [-0.1, -0.05) is 12.1 Å². The standard InChI is InChI=1S/C13H9FN2O6/c14-6-3-1-2-4-7(6)15-13(20)10-8(17)5-9(18)11(12(10)19)16(21)22/h1-5,17-19H,(H,15,20). The summed E-state index contributed by atoms with van der Waals surface area (Å²) in [4.78, 5) is 21.6. The van der Waals surface area contributed by atoms with E-state index in [9.17, 15) is 34.6 Å². The van der Waals surface area contributed by atoms with Crippen molar-refractivity contribution >= 4 is 17.3 Å². The van der Waals surface area contributed by atoms with Crippen LogP contribution in [0.25, 0.3) is 0 Å². The molecule has 4 N–H and O–H groups in total. The van der Waals surface area contributed by atoms with Crippen LogP contribution in [-0.4, -0.2) is 26.2 Å². The lowest BCUT2D eigenvalue weighted by molar-refractivity contribution is -0.386. The maximum absolute atomic E-state index is 13.5. The van der Waals surface area contributed by atoms with E-state index in [0.29, 0.717) is 6.07 Å². The SMILES string of the molecule is O=C(Nc1ccccc1F)c1c(O)cc(O)c([N+](=O)[O-])c1O. The molecule has 0 aromatic heterocycles. The summed E-state index contributed by atoms with van der Waals surface area (Å²) in [7, 11) is 0. The van der Waals surface area contributed by atoms with Crippen LogP contribution in [0.2, 0.25) is 0 Å². The molecule has 0 heterocycles. The monoisotopic (exact) mass is 308 g/mol. The first-order valence-corrected chi connectivity index (χ1v) is 5.81. The third-order valence-electron chi connectivity index (χ3n) is 2.76. The van der Waals surface area contributed by atoms with Gasteiger partial charge in [-0.05, 0) is 12.1 Å². The van der Waals surface area contributed by atoms with Gasteiger partial charge in [0.15, 0.2) is 0 Å². The molecule has 0 aliphatic carbocycles. The predicted molar refractivity (Wildman–Crippen MR) is 72.4 cm³/mol. The van der Waals surface area contributed by atoms with Gasteiger partial charge >= 0.3 is 5.69 Å². The molecule has 8 nitrogen and oxygen atoms in total. The van der Waals surface area contributed by atoms with Gasteiger partial charge in [-0.2, -0.15) is 0 Å². The van der Waals surface area contributed by atoms with Crippen LogP contribution in [0.4, 0.5) is 15.8 Å². The van der Waals surface area contributed by atoms with Crippen molar-refractivity contribution in [3.63, 3.8) is 0 Å². The lowest BCUT2D eigenvalue weighted by Crippen LogP contribution is -2.14. The minimum absolute atomic E-state index is 0.248. The molecule has 0 fully saturated rings. The molecule has 2 rings (SSSR count). The van der Waals surface area contributed by atoms with Gasteiger partial charge in [-0.25, -0.2) is 4.39 Å². The zero-order valence-electron chi connectivity index (χ0n) is 10.8. The van der Waals surface area contributed by atoms with Gasteiger partial charge in [0, 0.05) is 6.07 Å². The average Bonchev–Trinajstić information content (AvgIpc) is 2.40. The molecule has 0 spiro atoms. The van der Waals surface area contributed by atoms with E-state index in [0.717, 1.165) is 6.07 Å². The Kier molecular flexibility index (Phi) is 3.80. The first-order valence-electron chi connectivity index (χ1n) is 5.81. The van der Waals surface area contributed by atoms with Crippen molar-refractivity contribution in [3.05, 3.63) is 51.8 Å². The number of benzene rings is 2. The first-order chi connectivity index (χ1) is 10.3. The predicted octanol–water partition coefficient (Wildman–Crippen LogP) is 2.10. The number of phenols is 3. The molecule has 0 saturated heterocycles. The number of rotatable bonds is 3. The van der Waals surface area contributed by atoms with Crippen molar-refractivity contribution in [1.82, 2.24) is 0 Å². The number of amides is 1. The summed E-state index contributed by atoms with van der Waals surface area (Å²) >= 11 is 0. The lowest BCUT2D eigenvalue weighted by Gasteiger charge is -2.10. The van der Waals surface area contributed by atoms with Crippen LogP contribution >= 0.6 is 0 Å². The molecule has 114 valence electrons. The van der Waals surface area contributed by atoms with Crippen molar-refractivity contribution in [3.8, 4) is 17.2 Å². The van der Waals surface area contributed by atoms with E-state index in [4.69, 9.17) is 0 Å². The summed E-state index contributed by atoms with van der Waals surface area (Å²) in [6, 6.07) is 5.63. The number of hydrogen-bond donors (Lipinski definition) is 4. The third-order valence-corrected chi connectivity index (χ3v) is 2.76. The molecule has 0 unspecified atom stereocenters. The molecule has 0 saturated carbocycles. The van der Waals surface area contributed by atoms with E-state index in [-0.39, 0.29) is 5.69 Å². The number of phenolic OH excluding ortho intramolecular Hbond substituents is 3. The molecule has 0 atom stereocenters. The maximum Gasteiger partial charge on any atom is 0.353 e. The first kappa shape index (κ1) is 15.0. The second kappa shape index (κ2) is 5.56.